The van der Waals surface area contributed by atoms with Crippen LogP contribution in [0, 0.1) is 0 Å². The zero-order valence-corrected chi connectivity index (χ0v) is 16.2. The van der Waals surface area contributed by atoms with Crippen LogP contribution in [0.5, 0.6) is 5.75 Å². The number of sulfonamides is 1. The lowest BCUT2D eigenvalue weighted by Crippen LogP contribution is -2.35. The summed E-state index contributed by atoms with van der Waals surface area (Å²) in [6.45, 7) is 1.11. The summed E-state index contributed by atoms with van der Waals surface area (Å²) in [6, 6.07) is 13.2. The third-order valence-corrected chi connectivity index (χ3v) is 6.97. The second-order valence-electron chi connectivity index (χ2n) is 6.05. The summed E-state index contributed by atoms with van der Waals surface area (Å²) in [7, 11) is -3.49. The van der Waals surface area contributed by atoms with E-state index in [1.54, 1.807) is 23.9 Å². The van der Waals surface area contributed by atoms with Crippen LogP contribution < -0.4 is 4.74 Å². The van der Waals surface area contributed by atoms with Gasteiger partial charge >= 0.3 is 5.97 Å². The lowest BCUT2D eigenvalue weighted by molar-refractivity contribution is 0.0734. The summed E-state index contributed by atoms with van der Waals surface area (Å²) in [6.07, 6.45) is 4.81. The normalized spacial score (nSPS) is 15.6. The lowest BCUT2D eigenvalue weighted by atomic mass is 10.2. The quantitative estimate of drug-likeness (QED) is 0.441. The predicted molar refractivity (Wildman–Crippen MR) is 102 cm³/mol. The number of nitrogens with zero attached hydrogens (tertiary/aromatic N) is 1. The van der Waals surface area contributed by atoms with Gasteiger partial charge in [-0.3, -0.25) is 0 Å². The van der Waals surface area contributed by atoms with Gasteiger partial charge in [0.1, 0.15) is 5.75 Å². The molecular weight excluding hydrogens is 370 g/mol. The van der Waals surface area contributed by atoms with Gasteiger partial charge in [-0.15, -0.1) is 11.8 Å². The van der Waals surface area contributed by atoms with Gasteiger partial charge in [0.05, 0.1) is 10.5 Å². The summed E-state index contributed by atoms with van der Waals surface area (Å²) >= 11 is 1.61. The van der Waals surface area contributed by atoms with Crippen LogP contribution >= 0.6 is 11.8 Å². The molecule has 0 spiro atoms. The van der Waals surface area contributed by atoms with Crippen LogP contribution in [-0.4, -0.2) is 38.0 Å². The number of esters is 1. The molecule has 0 N–H and O–H groups in total. The van der Waals surface area contributed by atoms with Gasteiger partial charge in [-0.1, -0.05) is 6.42 Å². The van der Waals surface area contributed by atoms with E-state index < -0.39 is 16.0 Å². The number of thioether (sulfide) groups is 1. The van der Waals surface area contributed by atoms with Crippen LogP contribution in [0.15, 0.2) is 58.3 Å². The number of hydrogen-bond acceptors (Lipinski definition) is 5. The number of rotatable bonds is 5. The van der Waals surface area contributed by atoms with Gasteiger partial charge in [0.15, 0.2) is 0 Å². The van der Waals surface area contributed by atoms with E-state index in [-0.39, 0.29) is 4.90 Å². The van der Waals surface area contributed by atoms with E-state index in [1.807, 2.05) is 18.4 Å². The van der Waals surface area contributed by atoms with Crippen LogP contribution in [0.2, 0.25) is 0 Å². The van der Waals surface area contributed by atoms with Crippen molar-refractivity contribution in [3.05, 3.63) is 54.1 Å². The highest BCUT2D eigenvalue weighted by atomic mass is 32.2. The molecule has 0 aliphatic carbocycles. The van der Waals surface area contributed by atoms with E-state index in [9.17, 15) is 13.2 Å². The molecule has 7 heteroatoms. The van der Waals surface area contributed by atoms with Crippen LogP contribution in [0.25, 0.3) is 0 Å². The fourth-order valence-electron chi connectivity index (χ4n) is 2.83. The first-order chi connectivity index (χ1) is 12.5. The van der Waals surface area contributed by atoms with Crippen LogP contribution in [0.3, 0.4) is 0 Å². The highest BCUT2D eigenvalue weighted by molar-refractivity contribution is 7.98. The monoisotopic (exact) mass is 391 g/mol. The molecule has 0 unspecified atom stereocenters. The van der Waals surface area contributed by atoms with Crippen LogP contribution in [-0.2, 0) is 10.0 Å². The second-order valence-corrected chi connectivity index (χ2v) is 8.87. The van der Waals surface area contributed by atoms with Gasteiger partial charge in [0.2, 0.25) is 10.0 Å². The molecule has 0 aromatic heterocycles. The molecule has 3 rings (SSSR count). The van der Waals surface area contributed by atoms with E-state index in [0.717, 1.165) is 24.2 Å². The fraction of sp³-hybridized carbons (Fsp3) is 0.316. The summed E-state index contributed by atoms with van der Waals surface area (Å²) in [5.74, 6) is -0.0540. The van der Waals surface area contributed by atoms with E-state index in [0.29, 0.717) is 24.4 Å². The molecule has 0 bridgehead atoms. The van der Waals surface area contributed by atoms with Crippen molar-refractivity contribution < 1.29 is 17.9 Å². The average Bonchev–Trinajstić information content (AvgIpc) is 2.69. The molecule has 1 heterocycles. The highest BCUT2D eigenvalue weighted by Gasteiger charge is 2.26. The molecule has 2 aromatic carbocycles. The fourth-order valence-corrected chi connectivity index (χ4v) is 4.75. The van der Waals surface area contributed by atoms with Crippen molar-refractivity contribution in [3.63, 3.8) is 0 Å². The average molecular weight is 392 g/mol. The molecule has 1 saturated heterocycles. The molecule has 5 nitrogen and oxygen atoms in total. The maximum atomic E-state index is 12.6. The minimum Gasteiger partial charge on any atom is -0.423 e. The molecule has 0 saturated carbocycles. The lowest BCUT2D eigenvalue weighted by Gasteiger charge is -2.25. The Bertz CT molecular complexity index is 855. The third kappa shape index (κ3) is 4.28. The minimum absolute atomic E-state index is 0.209. The minimum atomic E-state index is -3.49. The Morgan fingerprint density at radius 2 is 1.58 bits per heavy atom. The Labute approximate surface area is 158 Å². The molecule has 138 valence electrons. The van der Waals surface area contributed by atoms with Crippen molar-refractivity contribution in [2.45, 2.75) is 29.1 Å². The van der Waals surface area contributed by atoms with Crippen molar-refractivity contribution in [2.24, 2.45) is 0 Å². The third-order valence-electron chi connectivity index (χ3n) is 4.31. The number of piperidine rings is 1. The van der Waals surface area contributed by atoms with E-state index in [2.05, 4.69) is 0 Å². The number of ether oxygens (including phenoxy) is 1. The predicted octanol–water partition coefficient (Wildman–Crippen LogP) is 3.80. The van der Waals surface area contributed by atoms with Crippen LogP contribution in [0.4, 0.5) is 0 Å². The van der Waals surface area contributed by atoms with Crippen molar-refractivity contribution in [3.8, 4) is 5.75 Å². The zero-order chi connectivity index (χ0) is 18.6. The van der Waals surface area contributed by atoms with Gasteiger partial charge < -0.3 is 4.74 Å². The van der Waals surface area contributed by atoms with Crippen molar-refractivity contribution in [1.82, 2.24) is 4.31 Å². The SMILES string of the molecule is CSc1ccc(OC(=O)c2ccc(S(=O)(=O)N3CCCCC3)cc2)cc1. The summed E-state index contributed by atoms with van der Waals surface area (Å²) in [5.41, 5.74) is 0.316. The maximum Gasteiger partial charge on any atom is 0.343 e. The van der Waals surface area contributed by atoms with Crippen molar-refractivity contribution in [1.29, 1.82) is 0 Å². The Hall–Kier alpha value is -1.83. The van der Waals surface area contributed by atoms with E-state index in [4.69, 9.17) is 4.74 Å². The number of carbonyl (C=O) groups is 1. The molecular formula is C19H21NO4S2. The first kappa shape index (κ1) is 18.9. The molecule has 2 aromatic rings. The van der Waals surface area contributed by atoms with E-state index >= 15 is 0 Å². The molecule has 1 fully saturated rings. The number of carbonyl (C=O) groups excluding carboxylic acids is 1. The molecule has 1 aliphatic rings. The Morgan fingerprint density at radius 1 is 0.962 bits per heavy atom. The van der Waals surface area contributed by atoms with Gasteiger partial charge in [-0.25, -0.2) is 13.2 Å². The maximum absolute atomic E-state index is 12.6. The Morgan fingerprint density at radius 3 is 2.15 bits per heavy atom. The highest BCUT2D eigenvalue weighted by Crippen LogP contribution is 2.22. The molecule has 0 amide bonds. The van der Waals surface area contributed by atoms with Crippen LogP contribution in [0.1, 0.15) is 29.6 Å². The van der Waals surface area contributed by atoms with Gasteiger partial charge in [0.25, 0.3) is 0 Å². The Balaban J connectivity index is 1.70. The largest absolute Gasteiger partial charge is 0.423 e. The first-order valence-electron chi connectivity index (χ1n) is 8.47. The first-order valence-corrected chi connectivity index (χ1v) is 11.1. The van der Waals surface area contributed by atoms with Gasteiger partial charge in [-0.05, 0) is 67.6 Å². The van der Waals surface area contributed by atoms with Crippen molar-refractivity contribution in [2.75, 3.05) is 19.3 Å². The zero-order valence-electron chi connectivity index (χ0n) is 14.6. The summed E-state index contributed by atoms with van der Waals surface area (Å²) in [5, 5.41) is 0. The smallest absolute Gasteiger partial charge is 0.343 e. The second kappa shape index (κ2) is 8.24. The summed E-state index contributed by atoms with van der Waals surface area (Å²) < 4.78 is 32.1. The molecule has 0 radical (unpaired) electrons. The molecule has 1 aliphatic heterocycles. The topological polar surface area (TPSA) is 63.7 Å². The van der Waals surface area contributed by atoms with Crippen molar-refractivity contribution >= 4 is 27.8 Å². The number of benzene rings is 2. The molecule has 26 heavy (non-hydrogen) atoms. The Kier molecular flexibility index (Phi) is 6.01. The standard InChI is InChI=1S/C19H21NO4S2/c1-25-17-9-7-16(8-10-17)24-19(21)15-5-11-18(12-6-15)26(22,23)20-13-3-2-4-14-20/h5-12H,2-4,13-14H2,1H3. The van der Waals surface area contributed by atoms with E-state index in [1.165, 1.54) is 28.6 Å². The number of hydrogen-bond donors (Lipinski definition) is 0. The molecule has 0 atom stereocenters. The van der Waals surface area contributed by atoms with Gasteiger partial charge in [0, 0.05) is 18.0 Å². The summed E-state index contributed by atoms with van der Waals surface area (Å²) in [4.78, 5) is 13.5. The van der Waals surface area contributed by atoms with Gasteiger partial charge in [-0.2, -0.15) is 4.31 Å².